The molecule has 174 valence electrons. The zero-order valence-electron chi connectivity index (χ0n) is 18.4. The SMILES string of the molecule is CC(C)(C)OC(=O)N1CC(=N)/C(=C(\NCc2ccc(F)c([N+](=O)[O-])c2)c2ccccc2F)C1. The molecule has 2 aromatic carbocycles. The fraction of sp³-hybridized carbons (Fsp3) is 0.304. The van der Waals surface area contributed by atoms with Gasteiger partial charge in [-0.15, -0.1) is 0 Å². The molecule has 2 N–H and O–H groups in total. The van der Waals surface area contributed by atoms with Gasteiger partial charge in [0.2, 0.25) is 5.82 Å². The number of carbonyl (C=O) groups is 1. The molecule has 0 aromatic heterocycles. The lowest BCUT2D eigenvalue weighted by Gasteiger charge is -2.23. The zero-order chi connectivity index (χ0) is 24.3. The first-order valence-corrected chi connectivity index (χ1v) is 10.2. The van der Waals surface area contributed by atoms with Gasteiger partial charge in [0.05, 0.1) is 29.4 Å². The summed E-state index contributed by atoms with van der Waals surface area (Å²) >= 11 is 0. The molecule has 1 aliphatic rings. The second-order valence-corrected chi connectivity index (χ2v) is 8.54. The van der Waals surface area contributed by atoms with Gasteiger partial charge in [-0.25, -0.2) is 9.18 Å². The summed E-state index contributed by atoms with van der Waals surface area (Å²) in [4.78, 5) is 24.0. The molecule has 10 heteroatoms. The van der Waals surface area contributed by atoms with Crippen molar-refractivity contribution in [2.75, 3.05) is 13.1 Å². The third kappa shape index (κ3) is 5.71. The average Bonchev–Trinajstić information content (AvgIpc) is 3.11. The lowest BCUT2D eigenvalue weighted by Crippen LogP contribution is -2.35. The Bertz CT molecular complexity index is 1140. The maximum atomic E-state index is 14.7. The van der Waals surface area contributed by atoms with Crippen molar-refractivity contribution in [2.45, 2.75) is 32.9 Å². The van der Waals surface area contributed by atoms with Crippen molar-refractivity contribution in [1.29, 1.82) is 5.41 Å². The van der Waals surface area contributed by atoms with E-state index in [1.165, 1.54) is 29.2 Å². The van der Waals surface area contributed by atoms with E-state index < -0.39 is 33.9 Å². The molecule has 1 heterocycles. The number of halogens is 2. The standard InChI is InChI=1S/C23H24F2N4O4/c1-23(2,3)33-22(30)28-12-16(19(26)13-28)21(15-6-4-5-7-17(15)24)27-11-14-8-9-18(25)20(10-14)29(31)32/h4-10,26-27H,11-13H2,1-3H3/b21-16-,26-19?. The Balaban J connectivity index is 1.94. The van der Waals surface area contributed by atoms with E-state index in [2.05, 4.69) is 5.32 Å². The summed E-state index contributed by atoms with van der Waals surface area (Å²) in [7, 11) is 0. The minimum atomic E-state index is -0.956. The number of hydrogen-bond acceptors (Lipinski definition) is 6. The first-order valence-electron chi connectivity index (χ1n) is 10.2. The lowest BCUT2D eigenvalue weighted by molar-refractivity contribution is -0.387. The molecule has 0 unspecified atom stereocenters. The predicted molar refractivity (Wildman–Crippen MR) is 119 cm³/mol. The van der Waals surface area contributed by atoms with Gasteiger partial charge in [-0.1, -0.05) is 18.2 Å². The van der Waals surface area contributed by atoms with Gasteiger partial charge in [-0.2, -0.15) is 4.39 Å². The van der Waals surface area contributed by atoms with Crippen LogP contribution in [0.15, 0.2) is 48.0 Å². The Labute approximate surface area is 189 Å². The number of nitro benzene ring substituents is 1. The summed E-state index contributed by atoms with van der Waals surface area (Å²) in [5.41, 5.74) is -0.0316. The number of nitro groups is 1. The van der Waals surface area contributed by atoms with Gasteiger partial charge in [-0.3, -0.25) is 15.0 Å². The van der Waals surface area contributed by atoms with Crippen molar-refractivity contribution in [3.05, 3.63) is 80.9 Å². The van der Waals surface area contributed by atoms with Gasteiger partial charge in [0.1, 0.15) is 11.4 Å². The van der Waals surface area contributed by atoms with E-state index in [4.69, 9.17) is 10.1 Å². The highest BCUT2D eigenvalue weighted by molar-refractivity contribution is 6.09. The molecule has 0 atom stereocenters. The van der Waals surface area contributed by atoms with Gasteiger partial charge in [0.25, 0.3) is 0 Å². The van der Waals surface area contributed by atoms with Gasteiger partial charge in [0, 0.05) is 23.7 Å². The maximum Gasteiger partial charge on any atom is 0.410 e. The van der Waals surface area contributed by atoms with Crippen molar-refractivity contribution >= 4 is 23.2 Å². The van der Waals surface area contributed by atoms with E-state index in [1.807, 2.05) is 0 Å². The molecule has 2 aromatic rings. The molecular weight excluding hydrogens is 434 g/mol. The van der Waals surface area contributed by atoms with Gasteiger partial charge >= 0.3 is 11.8 Å². The monoisotopic (exact) mass is 458 g/mol. The number of rotatable bonds is 5. The van der Waals surface area contributed by atoms with Crippen molar-refractivity contribution in [1.82, 2.24) is 10.2 Å². The Morgan fingerprint density at radius 1 is 1.18 bits per heavy atom. The quantitative estimate of drug-likeness (QED) is 0.501. The molecule has 1 fully saturated rings. The summed E-state index contributed by atoms with van der Waals surface area (Å²) in [6, 6.07) is 9.43. The van der Waals surface area contributed by atoms with Crippen molar-refractivity contribution in [2.24, 2.45) is 0 Å². The number of hydrogen-bond donors (Lipinski definition) is 2. The van der Waals surface area contributed by atoms with Gasteiger partial charge in [0.15, 0.2) is 0 Å². The fourth-order valence-electron chi connectivity index (χ4n) is 3.34. The van der Waals surface area contributed by atoms with Crippen LogP contribution in [0.5, 0.6) is 0 Å². The molecule has 0 radical (unpaired) electrons. The number of carbonyl (C=O) groups excluding carboxylic acids is 1. The van der Waals surface area contributed by atoms with Gasteiger partial charge < -0.3 is 15.5 Å². The minimum Gasteiger partial charge on any atom is -0.444 e. The van der Waals surface area contributed by atoms with Crippen LogP contribution in [0.4, 0.5) is 19.3 Å². The first kappa shape index (κ1) is 23.8. The molecule has 0 saturated carbocycles. The first-order chi connectivity index (χ1) is 15.5. The van der Waals surface area contributed by atoms with Crippen LogP contribution in [-0.4, -0.2) is 40.3 Å². The van der Waals surface area contributed by atoms with E-state index in [1.54, 1.807) is 26.8 Å². The van der Waals surface area contributed by atoms with Crippen molar-refractivity contribution < 1.29 is 23.2 Å². The highest BCUT2D eigenvalue weighted by Gasteiger charge is 2.32. The summed E-state index contributed by atoms with van der Waals surface area (Å²) in [6.45, 7) is 5.22. The van der Waals surface area contributed by atoms with Crippen molar-refractivity contribution in [3.8, 4) is 0 Å². The third-order valence-corrected chi connectivity index (χ3v) is 4.84. The number of likely N-dealkylation sites (tertiary alicyclic amines) is 1. The van der Waals surface area contributed by atoms with Crippen LogP contribution in [0.1, 0.15) is 31.9 Å². The van der Waals surface area contributed by atoms with Gasteiger partial charge in [-0.05, 0) is 44.5 Å². The van der Waals surface area contributed by atoms with E-state index in [0.717, 1.165) is 12.1 Å². The fourth-order valence-corrected chi connectivity index (χ4v) is 3.34. The molecule has 33 heavy (non-hydrogen) atoms. The van der Waals surface area contributed by atoms with Crippen LogP contribution in [0.2, 0.25) is 0 Å². The maximum absolute atomic E-state index is 14.7. The molecule has 1 amide bonds. The van der Waals surface area contributed by atoms with E-state index in [-0.39, 0.29) is 36.6 Å². The smallest absolute Gasteiger partial charge is 0.410 e. The van der Waals surface area contributed by atoms with Crippen molar-refractivity contribution in [3.63, 3.8) is 0 Å². The van der Waals surface area contributed by atoms with E-state index >= 15 is 0 Å². The second kappa shape index (κ2) is 9.35. The number of benzene rings is 2. The normalized spacial score (nSPS) is 15.4. The van der Waals surface area contributed by atoms with Crippen LogP contribution < -0.4 is 5.32 Å². The largest absolute Gasteiger partial charge is 0.444 e. The average molecular weight is 458 g/mol. The van der Waals surface area contributed by atoms with Crippen LogP contribution in [0.3, 0.4) is 0 Å². The lowest BCUT2D eigenvalue weighted by atomic mass is 10.0. The minimum absolute atomic E-state index is 0.00794. The number of ether oxygens (including phenoxy) is 1. The second-order valence-electron chi connectivity index (χ2n) is 8.54. The Kier molecular flexibility index (Phi) is 6.75. The van der Waals surface area contributed by atoms with Crippen LogP contribution in [-0.2, 0) is 11.3 Å². The third-order valence-electron chi connectivity index (χ3n) is 4.84. The number of nitrogens with zero attached hydrogens (tertiary/aromatic N) is 2. The van der Waals surface area contributed by atoms with E-state index in [0.29, 0.717) is 11.1 Å². The zero-order valence-corrected chi connectivity index (χ0v) is 18.4. The molecule has 1 aliphatic heterocycles. The molecule has 8 nitrogen and oxygen atoms in total. The number of nitrogens with one attached hydrogen (secondary N) is 2. The Morgan fingerprint density at radius 2 is 1.88 bits per heavy atom. The summed E-state index contributed by atoms with van der Waals surface area (Å²) in [5.74, 6) is -1.50. The highest BCUT2D eigenvalue weighted by Crippen LogP contribution is 2.27. The molecule has 0 spiro atoms. The summed E-state index contributed by atoms with van der Waals surface area (Å²) < 4.78 is 33.7. The Morgan fingerprint density at radius 3 is 2.52 bits per heavy atom. The predicted octanol–water partition coefficient (Wildman–Crippen LogP) is 4.64. The highest BCUT2D eigenvalue weighted by atomic mass is 19.1. The molecule has 0 bridgehead atoms. The Hall–Kier alpha value is -3.82. The molecule has 0 aliphatic carbocycles. The van der Waals surface area contributed by atoms with Crippen LogP contribution in [0.25, 0.3) is 5.70 Å². The molecular formula is C23H24F2N4O4. The van der Waals surface area contributed by atoms with Crippen LogP contribution in [0, 0.1) is 27.2 Å². The molecule has 1 saturated heterocycles. The van der Waals surface area contributed by atoms with E-state index in [9.17, 15) is 23.7 Å². The number of amides is 1. The summed E-state index contributed by atoms with van der Waals surface area (Å²) in [6.07, 6.45) is -0.593. The topological polar surface area (TPSA) is 109 Å². The summed E-state index contributed by atoms with van der Waals surface area (Å²) in [5, 5.41) is 22.5. The van der Waals surface area contributed by atoms with Crippen LogP contribution >= 0.6 is 0 Å². The molecule has 3 rings (SSSR count).